The molecular formula is C60H34N6. The van der Waals surface area contributed by atoms with Crippen LogP contribution in [0.1, 0.15) is 5.56 Å². The van der Waals surface area contributed by atoms with Crippen molar-refractivity contribution in [1.29, 1.82) is 5.26 Å². The van der Waals surface area contributed by atoms with Crippen LogP contribution in [0.25, 0.3) is 126 Å². The second kappa shape index (κ2) is 13.6. The van der Waals surface area contributed by atoms with Crippen molar-refractivity contribution >= 4 is 104 Å². The van der Waals surface area contributed by atoms with Crippen molar-refractivity contribution in [2.24, 2.45) is 0 Å². The predicted octanol–water partition coefficient (Wildman–Crippen LogP) is 15.7. The maximum Gasteiger partial charge on any atom is 0.232 e. The zero-order valence-corrected chi connectivity index (χ0v) is 35.3. The summed E-state index contributed by atoms with van der Waals surface area (Å²) in [5.41, 5.74) is 11.2. The van der Waals surface area contributed by atoms with Gasteiger partial charge in [0.1, 0.15) is 0 Å². The van der Waals surface area contributed by atoms with Crippen molar-refractivity contribution in [3.63, 3.8) is 0 Å². The highest BCUT2D eigenvalue weighted by Gasteiger charge is 2.34. The van der Waals surface area contributed by atoms with Crippen molar-refractivity contribution < 1.29 is 0 Å². The number of hydrogen-bond donors (Lipinski definition) is 0. The van der Waals surface area contributed by atoms with E-state index in [1.807, 2.05) is 0 Å². The van der Waals surface area contributed by atoms with E-state index >= 15 is 0 Å². The van der Waals surface area contributed by atoms with E-state index in [9.17, 15) is 11.8 Å². The summed E-state index contributed by atoms with van der Waals surface area (Å²) in [7, 11) is 0. The molecule has 0 aliphatic carbocycles. The van der Waals surface area contributed by atoms with Gasteiger partial charge >= 0.3 is 0 Å². The fraction of sp³-hybridized carbons (Fsp3) is 0. The highest BCUT2D eigenvalue weighted by molar-refractivity contribution is 6.21. The van der Waals surface area contributed by atoms with Crippen molar-refractivity contribution in [2.45, 2.75) is 0 Å². The van der Waals surface area contributed by atoms with Gasteiger partial charge in [0.2, 0.25) is 5.69 Å². The molecule has 0 spiro atoms. The molecule has 14 rings (SSSR count). The molecule has 0 saturated heterocycles. The summed E-state index contributed by atoms with van der Waals surface area (Å²) in [5, 5.41) is 22.9. The molecule has 10 aromatic carbocycles. The Morgan fingerprint density at radius 2 is 0.636 bits per heavy atom. The molecular weight excluding hydrogens is 805 g/mol. The normalized spacial score (nSPS) is 11.9. The Morgan fingerprint density at radius 3 is 1.05 bits per heavy atom. The number of aromatic nitrogens is 4. The van der Waals surface area contributed by atoms with Crippen LogP contribution in [-0.2, 0) is 0 Å². The lowest BCUT2D eigenvalue weighted by Gasteiger charge is -2.28. The number of nitriles is 1. The zero-order chi connectivity index (χ0) is 43.6. The van der Waals surface area contributed by atoms with Gasteiger partial charge in [-0.3, -0.25) is 0 Å². The van der Waals surface area contributed by atoms with Crippen molar-refractivity contribution in [3.05, 3.63) is 223 Å². The minimum atomic E-state index is 0.270. The van der Waals surface area contributed by atoms with Gasteiger partial charge in [0.25, 0.3) is 0 Å². The summed E-state index contributed by atoms with van der Waals surface area (Å²) in [4.78, 5) is 4.54. The van der Waals surface area contributed by atoms with Crippen LogP contribution in [-0.4, -0.2) is 18.3 Å². The maximum absolute atomic E-state index is 12.1. The van der Waals surface area contributed by atoms with Gasteiger partial charge in [0.05, 0.1) is 85.1 Å². The largest absolute Gasteiger partial charge is 0.317 e. The number of para-hydroxylation sites is 7. The van der Waals surface area contributed by atoms with Crippen LogP contribution >= 0.6 is 0 Å². The molecule has 0 bridgehead atoms. The van der Waals surface area contributed by atoms with E-state index in [4.69, 9.17) is 0 Å². The Morgan fingerprint density at radius 1 is 0.318 bits per heavy atom. The lowest BCUT2D eigenvalue weighted by Crippen LogP contribution is -2.15. The lowest BCUT2D eigenvalue weighted by atomic mass is 10.0. The van der Waals surface area contributed by atoms with Gasteiger partial charge in [-0.2, -0.15) is 5.26 Å². The quantitative estimate of drug-likeness (QED) is 0.163. The average molecular weight is 839 g/mol. The molecule has 0 unspecified atom stereocenters. The van der Waals surface area contributed by atoms with Crippen molar-refractivity contribution in [2.75, 3.05) is 0 Å². The number of fused-ring (bicyclic) bond motifs is 14. The summed E-state index contributed by atoms with van der Waals surface area (Å²) in [5.74, 6) is 0. The summed E-state index contributed by atoms with van der Waals surface area (Å²) in [6, 6.07) is 75.2. The molecule has 66 heavy (non-hydrogen) atoms. The Kier molecular flexibility index (Phi) is 7.43. The Hall–Kier alpha value is -9.36. The van der Waals surface area contributed by atoms with Gasteiger partial charge in [0, 0.05) is 48.5 Å². The smallest absolute Gasteiger partial charge is 0.232 e. The van der Waals surface area contributed by atoms with Crippen LogP contribution in [0.2, 0.25) is 0 Å². The standard InChI is InChI=1S/C60H34N6/c1-62-55-47(36-61)57(63-48-27-11-4-20-39(48)40-21-5-12-28-49(40)63)59(66-54-33-17-10-26-45(54)46-35-34-37-18-2-3-19-38(37)56(46)66)60(65-52-31-15-8-24-43(52)44-25-9-16-32-53(44)65)58(55)64-50-29-13-6-22-41(50)42-23-7-14-30-51(42)64/h2-35H. The second-order valence-electron chi connectivity index (χ2n) is 17.0. The summed E-state index contributed by atoms with van der Waals surface area (Å²) >= 11 is 0. The van der Waals surface area contributed by atoms with E-state index in [1.165, 1.54) is 0 Å². The molecule has 6 nitrogen and oxygen atoms in total. The number of rotatable bonds is 4. The van der Waals surface area contributed by atoms with E-state index in [2.05, 4.69) is 235 Å². The van der Waals surface area contributed by atoms with Gasteiger partial charge in [-0.15, -0.1) is 0 Å². The fourth-order valence-corrected chi connectivity index (χ4v) is 11.2. The first-order valence-electron chi connectivity index (χ1n) is 22.1. The molecule has 4 aromatic heterocycles. The van der Waals surface area contributed by atoms with Gasteiger partial charge < -0.3 is 18.3 Å². The van der Waals surface area contributed by atoms with E-state index in [0.717, 1.165) is 109 Å². The second-order valence-corrected chi connectivity index (χ2v) is 17.0. The molecule has 0 atom stereocenters. The molecule has 0 saturated carbocycles. The molecule has 0 aliphatic rings. The van der Waals surface area contributed by atoms with Crippen LogP contribution in [0.4, 0.5) is 5.69 Å². The van der Waals surface area contributed by atoms with Gasteiger partial charge in [-0.25, -0.2) is 4.85 Å². The van der Waals surface area contributed by atoms with Crippen LogP contribution in [0.3, 0.4) is 0 Å². The molecule has 0 fully saturated rings. The molecule has 4 heterocycles. The number of hydrogen-bond acceptors (Lipinski definition) is 1. The minimum Gasteiger partial charge on any atom is -0.317 e. The topological polar surface area (TPSA) is 47.9 Å². The van der Waals surface area contributed by atoms with Crippen LogP contribution < -0.4 is 0 Å². The third-order valence-electron chi connectivity index (χ3n) is 13.8. The van der Waals surface area contributed by atoms with E-state index in [0.29, 0.717) is 16.9 Å². The first kappa shape index (κ1) is 36.2. The summed E-state index contributed by atoms with van der Waals surface area (Å²) in [6.45, 7) is 9.39. The molecule has 6 heteroatoms. The fourth-order valence-electron chi connectivity index (χ4n) is 11.2. The molecule has 0 amide bonds. The molecule has 14 aromatic rings. The first-order valence-corrected chi connectivity index (χ1v) is 22.1. The molecule has 0 N–H and O–H groups in total. The van der Waals surface area contributed by atoms with E-state index in [1.54, 1.807) is 0 Å². The van der Waals surface area contributed by atoms with Crippen LogP contribution in [0.15, 0.2) is 206 Å². The van der Waals surface area contributed by atoms with Gasteiger partial charge in [0.15, 0.2) is 0 Å². The zero-order valence-electron chi connectivity index (χ0n) is 35.3. The monoisotopic (exact) mass is 838 g/mol. The molecule has 0 radical (unpaired) electrons. The predicted molar refractivity (Wildman–Crippen MR) is 272 cm³/mol. The van der Waals surface area contributed by atoms with Gasteiger partial charge in [-0.1, -0.05) is 164 Å². The molecule has 304 valence electrons. The highest BCUT2D eigenvalue weighted by Crippen LogP contribution is 2.52. The van der Waals surface area contributed by atoms with Crippen LogP contribution in [0, 0.1) is 17.9 Å². The third-order valence-corrected chi connectivity index (χ3v) is 13.8. The van der Waals surface area contributed by atoms with E-state index < -0.39 is 0 Å². The highest BCUT2D eigenvalue weighted by atomic mass is 15.2. The Bertz CT molecular complexity index is 4340. The Balaban J connectivity index is 1.38. The average Bonchev–Trinajstić information content (AvgIpc) is 4.11. The maximum atomic E-state index is 12.1. The van der Waals surface area contributed by atoms with Crippen LogP contribution in [0.5, 0.6) is 0 Å². The van der Waals surface area contributed by atoms with E-state index in [-0.39, 0.29) is 5.69 Å². The Labute approximate surface area is 377 Å². The summed E-state index contributed by atoms with van der Waals surface area (Å²) < 4.78 is 9.30. The van der Waals surface area contributed by atoms with Crippen molar-refractivity contribution in [1.82, 2.24) is 18.3 Å². The SMILES string of the molecule is [C-]#[N+]c1c(C#N)c(-n2c3ccccc3c3ccccc32)c(-n2c3ccccc3c3ccc4ccccc4c32)c(-n2c3ccccc3c3ccccc32)c1-n1c2ccccc2c2ccccc21. The molecule has 0 aliphatic heterocycles. The first-order chi connectivity index (χ1) is 32.7. The lowest BCUT2D eigenvalue weighted by molar-refractivity contribution is 1.02. The number of nitrogens with zero attached hydrogens (tertiary/aromatic N) is 6. The summed E-state index contributed by atoms with van der Waals surface area (Å²) in [6.07, 6.45) is 0. The number of benzene rings is 10. The van der Waals surface area contributed by atoms with Gasteiger partial charge in [-0.05, 0) is 47.9 Å². The minimum absolute atomic E-state index is 0.270. The van der Waals surface area contributed by atoms with Crippen molar-refractivity contribution in [3.8, 4) is 28.8 Å². The third kappa shape index (κ3) is 4.66.